The van der Waals surface area contributed by atoms with Crippen molar-refractivity contribution in [3.63, 3.8) is 0 Å². The van der Waals surface area contributed by atoms with Gasteiger partial charge in [-0.1, -0.05) is 24.3 Å². The summed E-state index contributed by atoms with van der Waals surface area (Å²) < 4.78 is 12.9. The lowest BCUT2D eigenvalue weighted by Gasteiger charge is -2.20. The summed E-state index contributed by atoms with van der Waals surface area (Å²) in [6.45, 7) is 1.70. The third-order valence-electron chi connectivity index (χ3n) is 3.80. The van der Waals surface area contributed by atoms with E-state index in [1.165, 1.54) is 24.3 Å². The van der Waals surface area contributed by atoms with Crippen LogP contribution in [-0.4, -0.2) is 17.1 Å². The number of aliphatic hydroxyl groups excluding tert-OH is 1. The van der Waals surface area contributed by atoms with Crippen LogP contribution in [0.2, 0.25) is 0 Å². The molecule has 0 saturated heterocycles. The van der Waals surface area contributed by atoms with Crippen LogP contribution >= 0.6 is 0 Å². The molecule has 2 N–H and O–H groups in total. The van der Waals surface area contributed by atoms with Crippen LogP contribution in [0.1, 0.15) is 36.1 Å². The van der Waals surface area contributed by atoms with Crippen molar-refractivity contribution in [3.8, 4) is 6.07 Å². The van der Waals surface area contributed by atoms with Crippen molar-refractivity contribution in [1.29, 1.82) is 5.26 Å². The third-order valence-corrected chi connectivity index (χ3v) is 3.80. The summed E-state index contributed by atoms with van der Waals surface area (Å²) in [6, 6.07) is 14.2. The van der Waals surface area contributed by atoms with Gasteiger partial charge in [0.2, 0.25) is 5.91 Å². The van der Waals surface area contributed by atoms with Crippen LogP contribution < -0.4 is 5.32 Å². The summed E-state index contributed by atoms with van der Waals surface area (Å²) in [4.78, 5) is 12.0. The van der Waals surface area contributed by atoms with E-state index in [9.17, 15) is 14.3 Å². The van der Waals surface area contributed by atoms with E-state index >= 15 is 0 Å². The molecule has 24 heavy (non-hydrogen) atoms. The van der Waals surface area contributed by atoms with Crippen molar-refractivity contribution in [1.82, 2.24) is 5.32 Å². The van der Waals surface area contributed by atoms with Gasteiger partial charge in [0.25, 0.3) is 0 Å². The quantitative estimate of drug-likeness (QED) is 0.857. The summed E-state index contributed by atoms with van der Waals surface area (Å²) >= 11 is 0. The molecule has 2 aromatic rings. The molecule has 0 saturated carbocycles. The molecule has 0 fully saturated rings. The zero-order valence-electron chi connectivity index (χ0n) is 13.4. The van der Waals surface area contributed by atoms with Crippen LogP contribution in [0.5, 0.6) is 0 Å². The van der Waals surface area contributed by atoms with Crippen molar-refractivity contribution in [3.05, 3.63) is 71.0 Å². The molecule has 2 rings (SSSR count). The highest BCUT2D eigenvalue weighted by Crippen LogP contribution is 2.17. The molecule has 2 unspecified atom stereocenters. The number of rotatable bonds is 6. The third kappa shape index (κ3) is 4.90. The number of amides is 1. The number of nitrogens with one attached hydrogen (secondary N) is 1. The SMILES string of the molecule is CC(NC(=O)CCc1ccc(C#N)cc1)C(O)c1ccc(F)cc1. The Morgan fingerprint density at radius 2 is 1.83 bits per heavy atom. The van der Waals surface area contributed by atoms with E-state index < -0.39 is 12.1 Å². The number of nitriles is 1. The monoisotopic (exact) mass is 326 g/mol. The fourth-order valence-corrected chi connectivity index (χ4v) is 2.36. The lowest BCUT2D eigenvalue weighted by atomic mass is 10.0. The Bertz CT molecular complexity index is 721. The van der Waals surface area contributed by atoms with E-state index in [0.717, 1.165) is 5.56 Å². The second-order valence-electron chi connectivity index (χ2n) is 5.66. The molecule has 0 radical (unpaired) electrons. The molecule has 0 aromatic heterocycles. The van der Waals surface area contributed by atoms with E-state index in [1.807, 2.05) is 18.2 Å². The van der Waals surface area contributed by atoms with Crippen molar-refractivity contribution < 1.29 is 14.3 Å². The number of carbonyl (C=O) groups is 1. The van der Waals surface area contributed by atoms with Gasteiger partial charge in [0.05, 0.1) is 23.8 Å². The number of hydrogen-bond donors (Lipinski definition) is 2. The summed E-state index contributed by atoms with van der Waals surface area (Å²) in [7, 11) is 0. The second-order valence-corrected chi connectivity index (χ2v) is 5.66. The van der Waals surface area contributed by atoms with Crippen molar-refractivity contribution in [2.45, 2.75) is 31.9 Å². The largest absolute Gasteiger partial charge is 0.386 e. The lowest BCUT2D eigenvalue weighted by molar-refractivity contribution is -0.122. The molecule has 2 atom stereocenters. The van der Waals surface area contributed by atoms with Crippen LogP contribution in [0.4, 0.5) is 4.39 Å². The van der Waals surface area contributed by atoms with Crippen LogP contribution in [0.25, 0.3) is 0 Å². The van der Waals surface area contributed by atoms with Crippen molar-refractivity contribution in [2.24, 2.45) is 0 Å². The van der Waals surface area contributed by atoms with Gasteiger partial charge in [-0.25, -0.2) is 4.39 Å². The van der Waals surface area contributed by atoms with Gasteiger partial charge in [-0.2, -0.15) is 5.26 Å². The number of nitrogens with zero attached hydrogens (tertiary/aromatic N) is 1. The Balaban J connectivity index is 1.84. The van der Waals surface area contributed by atoms with Gasteiger partial charge in [0, 0.05) is 6.42 Å². The van der Waals surface area contributed by atoms with Gasteiger partial charge >= 0.3 is 0 Å². The van der Waals surface area contributed by atoms with Crippen LogP contribution in [-0.2, 0) is 11.2 Å². The van der Waals surface area contributed by atoms with Gasteiger partial charge in [0.1, 0.15) is 5.82 Å². The van der Waals surface area contributed by atoms with Crippen LogP contribution in [0, 0.1) is 17.1 Å². The summed E-state index contributed by atoms with van der Waals surface area (Å²) in [5, 5.41) is 21.7. The second kappa shape index (κ2) is 8.23. The Labute approximate surface area is 140 Å². The first-order valence-corrected chi connectivity index (χ1v) is 7.71. The molecule has 0 heterocycles. The molecule has 124 valence electrons. The average molecular weight is 326 g/mol. The molecule has 2 aromatic carbocycles. The van der Waals surface area contributed by atoms with Gasteiger partial charge in [-0.15, -0.1) is 0 Å². The van der Waals surface area contributed by atoms with Gasteiger partial charge in [-0.3, -0.25) is 4.79 Å². The van der Waals surface area contributed by atoms with E-state index in [4.69, 9.17) is 5.26 Å². The normalized spacial score (nSPS) is 12.9. The molecule has 0 spiro atoms. The summed E-state index contributed by atoms with van der Waals surface area (Å²) in [6.07, 6.45) is -0.0621. The summed E-state index contributed by atoms with van der Waals surface area (Å²) in [5.74, 6) is -0.543. The maximum absolute atomic E-state index is 12.9. The van der Waals surface area contributed by atoms with Crippen LogP contribution in [0.15, 0.2) is 48.5 Å². The Kier molecular flexibility index (Phi) is 6.05. The average Bonchev–Trinajstić information content (AvgIpc) is 2.60. The smallest absolute Gasteiger partial charge is 0.220 e. The molecule has 0 bridgehead atoms. The minimum absolute atomic E-state index is 0.173. The maximum Gasteiger partial charge on any atom is 0.220 e. The molecule has 5 heteroatoms. The zero-order valence-corrected chi connectivity index (χ0v) is 13.4. The number of benzene rings is 2. The van der Waals surface area contributed by atoms with Gasteiger partial charge < -0.3 is 10.4 Å². The first-order valence-electron chi connectivity index (χ1n) is 7.71. The van der Waals surface area contributed by atoms with Crippen molar-refractivity contribution in [2.75, 3.05) is 0 Å². The van der Waals surface area contributed by atoms with E-state index in [-0.39, 0.29) is 18.1 Å². The first kappa shape index (κ1) is 17.6. The fraction of sp³-hybridized carbons (Fsp3) is 0.263. The molecule has 4 nitrogen and oxygen atoms in total. The topological polar surface area (TPSA) is 73.1 Å². The maximum atomic E-state index is 12.9. The number of halogens is 1. The van der Waals surface area contributed by atoms with E-state index in [2.05, 4.69) is 5.32 Å². The predicted octanol–water partition coefficient (Wildman–Crippen LogP) is 2.87. The summed E-state index contributed by atoms with van der Waals surface area (Å²) in [5.41, 5.74) is 2.10. The highest BCUT2D eigenvalue weighted by atomic mass is 19.1. The predicted molar refractivity (Wildman–Crippen MR) is 88.4 cm³/mol. The van der Waals surface area contributed by atoms with E-state index in [1.54, 1.807) is 19.1 Å². The Morgan fingerprint density at radius 3 is 2.42 bits per heavy atom. The number of aliphatic hydroxyl groups is 1. The van der Waals surface area contributed by atoms with E-state index in [0.29, 0.717) is 17.5 Å². The lowest BCUT2D eigenvalue weighted by Crippen LogP contribution is -2.37. The molecule has 0 aliphatic carbocycles. The Hall–Kier alpha value is -2.71. The molecule has 1 amide bonds. The zero-order chi connectivity index (χ0) is 17.5. The fourth-order valence-electron chi connectivity index (χ4n) is 2.36. The number of aryl methyl sites for hydroxylation is 1. The standard InChI is InChI=1S/C19H19FN2O2/c1-13(19(24)16-7-9-17(20)10-8-16)22-18(23)11-6-14-2-4-15(12-21)5-3-14/h2-5,7-10,13,19,24H,6,11H2,1H3,(H,22,23). The number of hydrogen-bond acceptors (Lipinski definition) is 3. The van der Waals surface area contributed by atoms with Gasteiger partial charge in [-0.05, 0) is 48.7 Å². The molecular formula is C19H19FN2O2. The molecule has 0 aliphatic rings. The van der Waals surface area contributed by atoms with Crippen molar-refractivity contribution >= 4 is 5.91 Å². The minimum atomic E-state index is -0.899. The molecular weight excluding hydrogens is 307 g/mol. The first-order chi connectivity index (χ1) is 11.5. The highest BCUT2D eigenvalue weighted by molar-refractivity contribution is 5.76. The highest BCUT2D eigenvalue weighted by Gasteiger charge is 2.18. The molecule has 0 aliphatic heterocycles. The van der Waals surface area contributed by atoms with Gasteiger partial charge in [0.15, 0.2) is 0 Å². The Morgan fingerprint density at radius 1 is 1.21 bits per heavy atom. The number of carbonyl (C=O) groups excluding carboxylic acids is 1. The van der Waals surface area contributed by atoms with Crippen LogP contribution in [0.3, 0.4) is 0 Å². The minimum Gasteiger partial charge on any atom is -0.386 e.